The molecule has 1 N–H and O–H groups in total. The highest BCUT2D eigenvalue weighted by molar-refractivity contribution is 7.92. The van der Waals surface area contributed by atoms with Crippen molar-refractivity contribution in [3.8, 4) is 5.75 Å². The van der Waals surface area contributed by atoms with Crippen LogP contribution in [0.3, 0.4) is 0 Å². The number of benzene rings is 2. The summed E-state index contributed by atoms with van der Waals surface area (Å²) in [6.45, 7) is 3.69. The number of nitrogens with one attached hydrogen (secondary N) is 1. The first-order valence-electron chi connectivity index (χ1n) is 9.06. The molecule has 0 unspecified atom stereocenters. The second-order valence-corrected chi connectivity index (χ2v) is 8.65. The van der Waals surface area contributed by atoms with Gasteiger partial charge in [-0.2, -0.15) is 0 Å². The summed E-state index contributed by atoms with van der Waals surface area (Å²) in [4.78, 5) is 12.3. The standard InChI is InChI=1S/C20H24F2N2O4S/c1-14(2)28-19-8-5-4-7-18(19)23-20(25)9-6-12-24(29(3,26)27)15-10-11-16(21)17(22)13-15/h4-5,7-8,10-11,13-14H,6,9,12H2,1-3H3,(H,23,25). The highest BCUT2D eigenvalue weighted by Gasteiger charge is 2.19. The third-order valence-corrected chi connectivity index (χ3v) is 5.07. The van der Waals surface area contributed by atoms with Crippen LogP contribution in [0.15, 0.2) is 42.5 Å². The first-order valence-corrected chi connectivity index (χ1v) is 10.9. The lowest BCUT2D eigenvalue weighted by molar-refractivity contribution is -0.116. The maximum absolute atomic E-state index is 13.5. The van der Waals surface area contributed by atoms with Gasteiger partial charge in [0.2, 0.25) is 15.9 Å². The van der Waals surface area contributed by atoms with Crippen LogP contribution < -0.4 is 14.4 Å². The van der Waals surface area contributed by atoms with Crippen molar-refractivity contribution in [1.82, 2.24) is 0 Å². The SMILES string of the molecule is CC(C)Oc1ccccc1NC(=O)CCCN(c1ccc(F)c(F)c1)S(C)(=O)=O. The number of carbonyl (C=O) groups excluding carboxylic acids is 1. The molecular weight excluding hydrogens is 402 g/mol. The van der Waals surface area contributed by atoms with Crippen molar-refractivity contribution in [1.29, 1.82) is 0 Å². The summed E-state index contributed by atoms with van der Waals surface area (Å²) < 4.78 is 57.3. The van der Waals surface area contributed by atoms with Gasteiger partial charge in [-0.05, 0) is 44.5 Å². The Kier molecular flexibility index (Phi) is 7.55. The Morgan fingerprint density at radius 1 is 1.14 bits per heavy atom. The lowest BCUT2D eigenvalue weighted by Gasteiger charge is -2.22. The third kappa shape index (κ3) is 6.70. The third-order valence-electron chi connectivity index (χ3n) is 3.88. The minimum atomic E-state index is -3.73. The van der Waals surface area contributed by atoms with E-state index >= 15 is 0 Å². The molecule has 2 aromatic rings. The number of hydrogen-bond acceptors (Lipinski definition) is 4. The minimum absolute atomic E-state index is 0.00230. The second kappa shape index (κ2) is 9.69. The van der Waals surface area contributed by atoms with Crippen LogP contribution in [0.25, 0.3) is 0 Å². The maximum Gasteiger partial charge on any atom is 0.232 e. The quantitative estimate of drug-likeness (QED) is 0.659. The molecule has 0 aliphatic rings. The summed E-state index contributed by atoms with van der Waals surface area (Å²) in [5.74, 6) is -1.99. The second-order valence-electron chi connectivity index (χ2n) is 6.75. The lowest BCUT2D eigenvalue weighted by atomic mass is 10.2. The van der Waals surface area contributed by atoms with Crippen molar-refractivity contribution in [2.75, 3.05) is 22.4 Å². The van der Waals surface area contributed by atoms with E-state index in [0.717, 1.165) is 22.7 Å². The van der Waals surface area contributed by atoms with Crippen LogP contribution in [0.4, 0.5) is 20.2 Å². The topological polar surface area (TPSA) is 75.7 Å². The van der Waals surface area contributed by atoms with E-state index in [1.807, 2.05) is 13.8 Å². The normalized spacial score (nSPS) is 11.4. The van der Waals surface area contributed by atoms with E-state index in [4.69, 9.17) is 4.74 Å². The van der Waals surface area contributed by atoms with E-state index in [0.29, 0.717) is 11.4 Å². The van der Waals surface area contributed by atoms with Gasteiger partial charge in [0.1, 0.15) is 5.75 Å². The Hall–Kier alpha value is -2.68. The van der Waals surface area contributed by atoms with Gasteiger partial charge in [-0.15, -0.1) is 0 Å². The summed E-state index contributed by atoms with van der Waals surface area (Å²) in [5.41, 5.74) is 0.522. The van der Waals surface area contributed by atoms with Crippen LogP contribution in [0, 0.1) is 11.6 Å². The molecule has 0 aromatic heterocycles. The Morgan fingerprint density at radius 2 is 1.83 bits per heavy atom. The molecular formula is C20H24F2N2O4S. The predicted molar refractivity (Wildman–Crippen MR) is 109 cm³/mol. The summed E-state index contributed by atoms with van der Waals surface area (Å²) in [7, 11) is -3.73. The minimum Gasteiger partial charge on any atom is -0.489 e. The number of amides is 1. The predicted octanol–water partition coefficient (Wildman–Crippen LogP) is 3.94. The molecule has 0 fully saturated rings. The first-order chi connectivity index (χ1) is 13.6. The summed E-state index contributed by atoms with van der Waals surface area (Å²) in [6, 6.07) is 9.86. The molecule has 1 amide bonds. The van der Waals surface area contributed by atoms with Crippen molar-refractivity contribution in [2.45, 2.75) is 32.8 Å². The van der Waals surface area contributed by atoms with E-state index in [1.165, 1.54) is 6.07 Å². The van der Waals surface area contributed by atoms with Gasteiger partial charge < -0.3 is 10.1 Å². The number of halogens is 2. The molecule has 6 nitrogen and oxygen atoms in total. The molecule has 2 rings (SSSR count). The van der Waals surface area contributed by atoms with Gasteiger partial charge in [0.05, 0.1) is 23.7 Å². The Bertz CT molecular complexity index is 965. The van der Waals surface area contributed by atoms with Gasteiger partial charge in [-0.3, -0.25) is 9.10 Å². The van der Waals surface area contributed by atoms with Crippen LogP contribution in [0.5, 0.6) is 5.75 Å². The van der Waals surface area contributed by atoms with Gasteiger partial charge in [0, 0.05) is 19.0 Å². The summed E-state index contributed by atoms with van der Waals surface area (Å²) in [6.07, 6.45) is 1.12. The van der Waals surface area contributed by atoms with Gasteiger partial charge in [0.15, 0.2) is 11.6 Å². The number of sulfonamides is 1. The molecule has 0 atom stereocenters. The molecule has 29 heavy (non-hydrogen) atoms. The van der Waals surface area contributed by atoms with Gasteiger partial charge in [-0.1, -0.05) is 12.1 Å². The van der Waals surface area contributed by atoms with Crippen LogP contribution in [0.1, 0.15) is 26.7 Å². The molecule has 158 valence electrons. The number of hydrogen-bond donors (Lipinski definition) is 1. The molecule has 9 heteroatoms. The molecule has 0 radical (unpaired) electrons. The number of carbonyl (C=O) groups is 1. The smallest absolute Gasteiger partial charge is 0.232 e. The Labute approximate surface area is 169 Å². The zero-order valence-electron chi connectivity index (χ0n) is 16.5. The fourth-order valence-electron chi connectivity index (χ4n) is 2.65. The zero-order chi connectivity index (χ0) is 21.6. The van der Waals surface area contributed by atoms with Crippen molar-refractivity contribution in [3.05, 3.63) is 54.1 Å². The van der Waals surface area contributed by atoms with Crippen molar-refractivity contribution < 1.29 is 26.7 Å². The van der Waals surface area contributed by atoms with Crippen LogP contribution in [-0.4, -0.2) is 33.2 Å². The highest BCUT2D eigenvalue weighted by Crippen LogP contribution is 2.25. The number of rotatable bonds is 9. The Balaban J connectivity index is 2.01. The summed E-state index contributed by atoms with van der Waals surface area (Å²) >= 11 is 0. The van der Waals surface area contributed by atoms with Crippen molar-refractivity contribution in [2.24, 2.45) is 0 Å². The molecule has 0 saturated heterocycles. The van der Waals surface area contributed by atoms with E-state index < -0.39 is 21.7 Å². The highest BCUT2D eigenvalue weighted by atomic mass is 32.2. The fourth-order valence-corrected chi connectivity index (χ4v) is 3.61. The number of nitrogens with zero attached hydrogens (tertiary/aromatic N) is 1. The average Bonchev–Trinajstić information content (AvgIpc) is 2.61. The molecule has 0 heterocycles. The van der Waals surface area contributed by atoms with Gasteiger partial charge >= 0.3 is 0 Å². The molecule has 2 aromatic carbocycles. The van der Waals surface area contributed by atoms with E-state index in [-0.39, 0.29) is 37.1 Å². The number of ether oxygens (including phenoxy) is 1. The molecule has 0 saturated carbocycles. The van der Waals surface area contributed by atoms with Crippen molar-refractivity contribution in [3.63, 3.8) is 0 Å². The Morgan fingerprint density at radius 3 is 2.45 bits per heavy atom. The zero-order valence-corrected chi connectivity index (χ0v) is 17.3. The molecule has 0 spiro atoms. The van der Waals surface area contributed by atoms with Crippen molar-refractivity contribution >= 4 is 27.3 Å². The lowest BCUT2D eigenvalue weighted by Crippen LogP contribution is -2.31. The van der Waals surface area contributed by atoms with Gasteiger partial charge in [-0.25, -0.2) is 17.2 Å². The first kappa shape index (κ1) is 22.6. The fraction of sp³-hybridized carbons (Fsp3) is 0.350. The van der Waals surface area contributed by atoms with E-state index in [1.54, 1.807) is 24.3 Å². The maximum atomic E-state index is 13.5. The monoisotopic (exact) mass is 426 g/mol. The molecule has 0 aliphatic carbocycles. The largest absolute Gasteiger partial charge is 0.489 e. The molecule has 0 bridgehead atoms. The van der Waals surface area contributed by atoms with Gasteiger partial charge in [0.25, 0.3) is 0 Å². The van der Waals surface area contributed by atoms with E-state index in [9.17, 15) is 22.0 Å². The van der Waals surface area contributed by atoms with Crippen LogP contribution in [-0.2, 0) is 14.8 Å². The van der Waals surface area contributed by atoms with Crippen LogP contribution >= 0.6 is 0 Å². The number of anilines is 2. The molecule has 0 aliphatic heterocycles. The average molecular weight is 426 g/mol. The number of para-hydroxylation sites is 2. The summed E-state index contributed by atoms with van der Waals surface area (Å²) in [5, 5.41) is 2.74. The van der Waals surface area contributed by atoms with E-state index in [2.05, 4.69) is 5.32 Å². The van der Waals surface area contributed by atoms with Crippen LogP contribution in [0.2, 0.25) is 0 Å².